The van der Waals surface area contributed by atoms with E-state index < -0.39 is 17.9 Å². The number of hydrogen-bond donors (Lipinski definition) is 0. The second kappa shape index (κ2) is 29.8. The summed E-state index contributed by atoms with van der Waals surface area (Å²) < 4.78 is 28.3. The van der Waals surface area contributed by atoms with Gasteiger partial charge in [-0.05, 0) is 138 Å². The number of allylic oxidation sites excluding steroid dienone is 2. The molecule has 6 rings (SSSR count). The van der Waals surface area contributed by atoms with Gasteiger partial charge >= 0.3 is 17.9 Å². The molecule has 6 aromatic rings. The molecule has 6 aromatic carbocycles. The summed E-state index contributed by atoms with van der Waals surface area (Å²) in [6.45, 7) is 5.67. The highest BCUT2D eigenvalue weighted by atomic mass is 16.5. The van der Waals surface area contributed by atoms with Gasteiger partial charge in [0.05, 0.1) is 53.2 Å². The van der Waals surface area contributed by atoms with Crippen LogP contribution in [0.15, 0.2) is 146 Å². The smallest absolute Gasteiger partial charge is 0.343 e. The third-order valence-corrected chi connectivity index (χ3v) is 12.0. The highest BCUT2D eigenvalue weighted by Gasteiger charge is 2.15. The molecule has 0 unspecified atom stereocenters. The van der Waals surface area contributed by atoms with Crippen molar-refractivity contribution in [1.82, 2.24) is 0 Å². The number of nitriles is 2. The number of benzene rings is 6. The summed E-state index contributed by atoms with van der Waals surface area (Å²) in [5, 5.41) is 19.9. The van der Waals surface area contributed by atoms with E-state index in [4.69, 9.17) is 23.7 Å². The summed E-state index contributed by atoms with van der Waals surface area (Å²) in [7, 11) is 0. The van der Waals surface area contributed by atoms with Crippen LogP contribution in [-0.2, 0) is 0 Å². The summed E-state index contributed by atoms with van der Waals surface area (Å²) in [5.74, 6) is 0.264. The number of nitrogens with zero attached hydrogens (tertiary/aromatic N) is 2. The van der Waals surface area contributed by atoms with Gasteiger partial charge < -0.3 is 23.7 Å². The molecule has 0 aliphatic rings. The average Bonchev–Trinajstić information content (AvgIpc) is 3.42. The maximum atomic E-state index is 13.2. The monoisotopic (exact) mass is 976 g/mol. The van der Waals surface area contributed by atoms with Gasteiger partial charge in [0.2, 0.25) is 0 Å². The third kappa shape index (κ3) is 18.2. The lowest BCUT2D eigenvalue weighted by Crippen LogP contribution is -2.11. The van der Waals surface area contributed by atoms with Gasteiger partial charge in [-0.3, -0.25) is 0 Å². The van der Waals surface area contributed by atoms with Crippen LogP contribution >= 0.6 is 0 Å². The first-order valence-electron chi connectivity index (χ1n) is 25.5. The first-order valence-corrected chi connectivity index (χ1v) is 25.5. The van der Waals surface area contributed by atoms with Crippen molar-refractivity contribution in [3.8, 4) is 40.9 Å². The second-order valence-corrected chi connectivity index (χ2v) is 17.7. The van der Waals surface area contributed by atoms with Gasteiger partial charge in [0, 0.05) is 0 Å². The van der Waals surface area contributed by atoms with Crippen LogP contribution in [0.3, 0.4) is 0 Å². The fourth-order valence-corrected chi connectivity index (χ4v) is 7.81. The van der Waals surface area contributed by atoms with Crippen molar-refractivity contribution >= 4 is 41.2 Å². The Bertz CT molecular complexity index is 2840. The Morgan fingerprint density at radius 1 is 0.384 bits per heavy atom. The number of carbonyl (C=O) groups is 3. The minimum absolute atomic E-state index is 0.132. The first kappa shape index (κ1) is 54.1. The lowest BCUT2D eigenvalue weighted by Gasteiger charge is -2.09. The summed E-state index contributed by atoms with van der Waals surface area (Å²) >= 11 is 0. The van der Waals surface area contributed by atoms with E-state index in [2.05, 4.69) is 26.0 Å². The van der Waals surface area contributed by atoms with Crippen LogP contribution in [0, 0.1) is 22.7 Å². The molecule has 0 heterocycles. The maximum Gasteiger partial charge on any atom is 0.343 e. The molecule has 0 radical (unpaired) electrons. The van der Waals surface area contributed by atoms with Crippen molar-refractivity contribution in [2.45, 2.75) is 104 Å². The van der Waals surface area contributed by atoms with Gasteiger partial charge in [-0.1, -0.05) is 145 Å². The van der Waals surface area contributed by atoms with E-state index in [0.717, 1.165) is 42.6 Å². The zero-order valence-electron chi connectivity index (χ0n) is 42.0. The Labute approximate surface area is 430 Å². The van der Waals surface area contributed by atoms with Crippen molar-refractivity contribution < 1.29 is 38.1 Å². The fourth-order valence-electron chi connectivity index (χ4n) is 7.81. The predicted octanol–water partition coefficient (Wildman–Crippen LogP) is 15.7. The summed E-state index contributed by atoms with van der Waals surface area (Å²) in [5.41, 5.74) is 4.60. The molecule has 73 heavy (non-hydrogen) atoms. The Balaban J connectivity index is 0.925. The highest BCUT2D eigenvalue weighted by Crippen LogP contribution is 2.26. The first-order chi connectivity index (χ1) is 35.7. The molecule has 0 bridgehead atoms. The van der Waals surface area contributed by atoms with Crippen molar-refractivity contribution in [2.24, 2.45) is 0 Å². The number of carbonyl (C=O) groups excluding carboxylic acids is 3. The quantitative estimate of drug-likeness (QED) is 0.0153. The van der Waals surface area contributed by atoms with Crippen LogP contribution in [0.2, 0.25) is 0 Å². The molecule has 374 valence electrons. The van der Waals surface area contributed by atoms with Gasteiger partial charge in [-0.2, -0.15) is 10.5 Å². The number of unbranched alkanes of at least 4 members (excludes halogenated alkanes) is 12. The lowest BCUT2D eigenvalue weighted by atomic mass is 9.99. The number of hydrogen-bond acceptors (Lipinski definition) is 10. The van der Waals surface area contributed by atoms with Crippen LogP contribution in [-0.4, -0.2) is 31.1 Å². The molecule has 0 aliphatic carbocycles. The highest BCUT2D eigenvalue weighted by molar-refractivity contribution is 5.95. The van der Waals surface area contributed by atoms with Crippen LogP contribution in [0.4, 0.5) is 0 Å². The molecular formula is C63H64N2O8. The van der Waals surface area contributed by atoms with Crippen molar-refractivity contribution in [3.63, 3.8) is 0 Å². The Kier molecular flexibility index (Phi) is 22.1. The molecule has 10 nitrogen and oxygen atoms in total. The molecule has 0 saturated carbocycles. The lowest BCUT2D eigenvalue weighted by molar-refractivity contribution is 0.0714. The Morgan fingerprint density at radius 2 is 0.740 bits per heavy atom. The molecule has 0 amide bonds. The summed E-state index contributed by atoms with van der Waals surface area (Å²) in [6, 6.07) is 45.0. The Morgan fingerprint density at radius 3 is 1.19 bits per heavy atom. The van der Waals surface area contributed by atoms with Crippen LogP contribution in [0.5, 0.6) is 28.7 Å². The van der Waals surface area contributed by atoms with Crippen molar-refractivity contribution in [1.29, 1.82) is 10.5 Å². The van der Waals surface area contributed by atoms with Crippen molar-refractivity contribution in [2.75, 3.05) is 13.2 Å². The molecule has 10 heteroatoms. The normalized spacial score (nSPS) is 11.2. The SMILES string of the molecule is CCCCCCCCCCCCCCOc1ccc(C(=O)Oc2ccc(C(=O)Oc3cccc(C(=O)Oc4ccc(/C=C(\C#N)c5ccc(/C(C#N)=C\c6ccc(OCCCC)cc6)cc5)cc4)c3)cc2)cc1. The Hall–Kier alpha value is -8.21. The minimum Gasteiger partial charge on any atom is -0.494 e. The summed E-state index contributed by atoms with van der Waals surface area (Å²) in [4.78, 5) is 39.1. The molecule has 0 atom stereocenters. The van der Waals surface area contributed by atoms with Crippen LogP contribution < -0.4 is 23.7 Å². The number of rotatable bonds is 28. The summed E-state index contributed by atoms with van der Waals surface area (Å²) in [6.07, 6.45) is 21.0. The second-order valence-electron chi connectivity index (χ2n) is 17.7. The predicted molar refractivity (Wildman–Crippen MR) is 287 cm³/mol. The van der Waals surface area contributed by atoms with E-state index >= 15 is 0 Å². The molecule has 0 aromatic heterocycles. The largest absolute Gasteiger partial charge is 0.494 e. The van der Waals surface area contributed by atoms with Gasteiger partial charge in [0.1, 0.15) is 28.7 Å². The van der Waals surface area contributed by atoms with E-state index in [1.54, 1.807) is 84.9 Å². The van der Waals surface area contributed by atoms with Gasteiger partial charge in [-0.15, -0.1) is 0 Å². The molecule has 0 N–H and O–H groups in total. The standard InChI is InChI=1S/C63H64N2O8/c1-3-5-7-8-9-10-11-12-13-14-15-16-41-70-57-36-28-51(29-37-57)61(66)71-59-38-30-52(31-39-59)62(67)73-60-19-17-18-53(44-60)63(68)72-58-34-22-48(23-35-58)43-55(46-65)50-26-24-49(25-27-50)54(45-64)42-47-20-32-56(33-21-47)69-40-6-4-2/h17-39,42-44H,3-16,40-41H2,1-2H3/b54-42-,55-43+. The molecule has 0 spiro atoms. The molecule has 0 aliphatic heterocycles. The van der Waals surface area contributed by atoms with E-state index in [1.807, 2.05) is 42.5 Å². The van der Waals surface area contributed by atoms with Gasteiger partial charge in [0.15, 0.2) is 0 Å². The number of esters is 3. The molecular weight excluding hydrogens is 913 g/mol. The van der Waals surface area contributed by atoms with Crippen LogP contribution in [0.1, 0.15) is 157 Å². The van der Waals surface area contributed by atoms with E-state index in [0.29, 0.717) is 46.8 Å². The third-order valence-electron chi connectivity index (χ3n) is 12.0. The van der Waals surface area contributed by atoms with E-state index in [9.17, 15) is 24.9 Å². The average molecular weight is 977 g/mol. The van der Waals surface area contributed by atoms with Gasteiger partial charge in [0.25, 0.3) is 0 Å². The zero-order valence-corrected chi connectivity index (χ0v) is 42.0. The molecule has 0 saturated heterocycles. The van der Waals surface area contributed by atoms with Crippen molar-refractivity contribution in [3.05, 3.63) is 185 Å². The maximum absolute atomic E-state index is 13.2. The topological polar surface area (TPSA) is 145 Å². The van der Waals surface area contributed by atoms with E-state index in [1.165, 1.54) is 94.5 Å². The van der Waals surface area contributed by atoms with Gasteiger partial charge in [-0.25, -0.2) is 14.4 Å². The fraction of sp³-hybridized carbons (Fsp3) is 0.286. The van der Waals surface area contributed by atoms with E-state index in [-0.39, 0.29) is 28.4 Å². The van der Waals surface area contributed by atoms with Crippen LogP contribution in [0.25, 0.3) is 23.3 Å². The zero-order chi connectivity index (χ0) is 51.5. The molecule has 0 fully saturated rings. The number of ether oxygens (including phenoxy) is 5. The minimum atomic E-state index is -0.673.